The van der Waals surface area contributed by atoms with E-state index in [4.69, 9.17) is 0 Å². The van der Waals surface area contributed by atoms with Crippen LogP contribution in [0.3, 0.4) is 0 Å². The molecule has 1 nitrogen and oxygen atoms in total. The van der Waals surface area contributed by atoms with Crippen molar-refractivity contribution in [3.63, 3.8) is 0 Å². The van der Waals surface area contributed by atoms with E-state index in [9.17, 15) is 0 Å². The van der Waals surface area contributed by atoms with Crippen molar-refractivity contribution in [3.8, 4) is 33.4 Å². The van der Waals surface area contributed by atoms with E-state index in [0.717, 1.165) is 17.1 Å². The molecule has 11 rings (SSSR count). The van der Waals surface area contributed by atoms with E-state index >= 15 is 0 Å². The molecule has 0 heterocycles. The zero-order valence-electron chi connectivity index (χ0n) is 32.2. The molecule has 0 fully saturated rings. The molecule has 9 aromatic carbocycles. The third kappa shape index (κ3) is 4.95. The zero-order valence-corrected chi connectivity index (χ0v) is 32.2. The fourth-order valence-corrected chi connectivity index (χ4v) is 10.1. The summed E-state index contributed by atoms with van der Waals surface area (Å²) in [7, 11) is 0. The lowest BCUT2D eigenvalue weighted by Crippen LogP contribution is -2.28. The Hall–Kier alpha value is -6.96. The van der Waals surface area contributed by atoms with E-state index in [-0.39, 0.29) is 5.41 Å². The predicted molar refractivity (Wildman–Crippen MR) is 239 cm³/mol. The minimum Gasteiger partial charge on any atom is -0.310 e. The summed E-state index contributed by atoms with van der Waals surface area (Å²) in [6.45, 7) is 4.73. The summed E-state index contributed by atoms with van der Waals surface area (Å²) in [5.41, 5.74) is 18.4. The largest absolute Gasteiger partial charge is 0.310 e. The van der Waals surface area contributed by atoms with Crippen molar-refractivity contribution in [2.24, 2.45) is 0 Å². The molecule has 0 bridgehead atoms. The van der Waals surface area contributed by atoms with E-state index in [2.05, 4.69) is 231 Å². The van der Waals surface area contributed by atoms with Gasteiger partial charge in [0.15, 0.2) is 0 Å². The fraction of sp³-hybridized carbons (Fsp3) is 0.0714. The van der Waals surface area contributed by atoms with Crippen LogP contribution in [0.1, 0.15) is 47.2 Å². The van der Waals surface area contributed by atoms with Crippen LogP contribution in [-0.2, 0) is 10.8 Å². The maximum atomic E-state index is 2.46. The molecular formula is C56H41N. The van der Waals surface area contributed by atoms with Gasteiger partial charge in [0.25, 0.3) is 0 Å². The minimum absolute atomic E-state index is 0.120. The predicted octanol–water partition coefficient (Wildman–Crippen LogP) is 14.6. The summed E-state index contributed by atoms with van der Waals surface area (Å²) in [4.78, 5) is 2.46. The summed E-state index contributed by atoms with van der Waals surface area (Å²) in [5, 5.41) is 2.52. The third-order valence-corrected chi connectivity index (χ3v) is 12.7. The fourth-order valence-electron chi connectivity index (χ4n) is 10.1. The summed E-state index contributed by atoms with van der Waals surface area (Å²) >= 11 is 0. The maximum absolute atomic E-state index is 2.46. The molecule has 0 unspecified atom stereocenters. The van der Waals surface area contributed by atoms with Crippen molar-refractivity contribution in [3.05, 3.63) is 246 Å². The second-order valence-electron chi connectivity index (χ2n) is 16.1. The van der Waals surface area contributed by atoms with Gasteiger partial charge in [-0.25, -0.2) is 0 Å². The molecule has 57 heavy (non-hydrogen) atoms. The van der Waals surface area contributed by atoms with Crippen molar-refractivity contribution >= 4 is 27.8 Å². The van der Waals surface area contributed by atoms with Gasteiger partial charge in [0.2, 0.25) is 0 Å². The molecule has 1 heteroatoms. The molecule has 270 valence electrons. The van der Waals surface area contributed by atoms with Crippen molar-refractivity contribution in [2.75, 3.05) is 4.90 Å². The number of rotatable bonds is 6. The molecule has 0 amide bonds. The monoisotopic (exact) mass is 727 g/mol. The Balaban J connectivity index is 1.17. The summed E-state index contributed by atoms with van der Waals surface area (Å²) in [5.74, 6) is 0. The van der Waals surface area contributed by atoms with Crippen molar-refractivity contribution in [1.82, 2.24) is 0 Å². The number of fused-ring (bicyclic) bond motifs is 8. The Bertz CT molecular complexity index is 2920. The molecule has 2 aliphatic rings. The lowest BCUT2D eigenvalue weighted by molar-refractivity contribution is 0.660. The number of nitrogens with zero attached hydrogens (tertiary/aromatic N) is 1. The van der Waals surface area contributed by atoms with Crippen LogP contribution in [0.4, 0.5) is 17.1 Å². The molecular weight excluding hydrogens is 687 g/mol. The van der Waals surface area contributed by atoms with Gasteiger partial charge in [-0.1, -0.05) is 190 Å². The highest BCUT2D eigenvalue weighted by Crippen LogP contribution is 2.59. The van der Waals surface area contributed by atoms with Crippen molar-refractivity contribution < 1.29 is 0 Å². The lowest BCUT2D eigenvalue weighted by atomic mass is 9.67. The third-order valence-electron chi connectivity index (χ3n) is 12.7. The van der Waals surface area contributed by atoms with Crippen molar-refractivity contribution in [2.45, 2.75) is 24.7 Å². The lowest BCUT2D eigenvalue weighted by Gasteiger charge is -2.34. The topological polar surface area (TPSA) is 3.24 Å². The Labute approximate surface area is 335 Å². The maximum Gasteiger partial charge on any atom is 0.0713 e. The van der Waals surface area contributed by atoms with Gasteiger partial charge in [0, 0.05) is 22.5 Å². The Morgan fingerprint density at radius 2 is 0.895 bits per heavy atom. The van der Waals surface area contributed by atoms with Crippen LogP contribution < -0.4 is 4.90 Å². The molecule has 0 saturated heterocycles. The molecule has 2 aliphatic carbocycles. The first-order valence-electron chi connectivity index (χ1n) is 20.0. The van der Waals surface area contributed by atoms with Gasteiger partial charge < -0.3 is 4.90 Å². The van der Waals surface area contributed by atoms with E-state index < -0.39 is 5.41 Å². The van der Waals surface area contributed by atoms with Crippen LogP contribution in [0.15, 0.2) is 212 Å². The van der Waals surface area contributed by atoms with Crippen molar-refractivity contribution in [1.29, 1.82) is 0 Å². The Morgan fingerprint density at radius 1 is 0.351 bits per heavy atom. The van der Waals surface area contributed by atoms with Gasteiger partial charge in [-0.05, 0) is 114 Å². The first-order valence-corrected chi connectivity index (χ1v) is 20.0. The number of hydrogen-bond donors (Lipinski definition) is 0. The van der Waals surface area contributed by atoms with E-state index in [1.165, 1.54) is 77.5 Å². The van der Waals surface area contributed by atoms with Gasteiger partial charge in [-0.3, -0.25) is 0 Å². The van der Waals surface area contributed by atoms with Gasteiger partial charge in [0.1, 0.15) is 0 Å². The van der Waals surface area contributed by atoms with Gasteiger partial charge in [0.05, 0.1) is 5.41 Å². The SMILES string of the molecule is CC1(C)c2ccccc2-c2ccc(N(c3ccc(-c4ccccc4)cc3)c3ccc4c(c3)-c3c(ccc5ccccc35)C4(c3ccccc3)c3ccccc3)cc21. The first-order chi connectivity index (χ1) is 28.0. The Kier molecular flexibility index (Phi) is 7.50. The van der Waals surface area contributed by atoms with Crippen LogP contribution in [0.5, 0.6) is 0 Å². The summed E-state index contributed by atoms with van der Waals surface area (Å²) < 4.78 is 0. The normalized spacial score (nSPS) is 14.1. The smallest absolute Gasteiger partial charge is 0.0713 e. The zero-order chi connectivity index (χ0) is 38.1. The average molecular weight is 728 g/mol. The second kappa shape index (κ2) is 12.8. The van der Waals surface area contributed by atoms with Gasteiger partial charge in [-0.2, -0.15) is 0 Å². The first kappa shape index (κ1) is 33.4. The van der Waals surface area contributed by atoms with E-state index in [1.54, 1.807) is 0 Å². The Morgan fingerprint density at radius 3 is 1.63 bits per heavy atom. The highest BCUT2D eigenvalue weighted by molar-refractivity contribution is 6.05. The summed E-state index contributed by atoms with van der Waals surface area (Å²) in [6, 6.07) is 78.8. The molecule has 0 aliphatic heterocycles. The average Bonchev–Trinajstić information content (AvgIpc) is 3.70. The van der Waals surface area contributed by atoms with E-state index in [0.29, 0.717) is 0 Å². The highest BCUT2D eigenvalue weighted by atomic mass is 15.1. The molecule has 0 atom stereocenters. The van der Waals surface area contributed by atoms with Crippen LogP contribution in [0.2, 0.25) is 0 Å². The van der Waals surface area contributed by atoms with E-state index in [1.807, 2.05) is 0 Å². The molecule has 0 radical (unpaired) electrons. The molecule has 0 saturated carbocycles. The van der Waals surface area contributed by atoms with Crippen LogP contribution in [0, 0.1) is 0 Å². The minimum atomic E-state index is -0.485. The number of anilines is 3. The number of hydrogen-bond acceptors (Lipinski definition) is 1. The summed E-state index contributed by atoms with van der Waals surface area (Å²) in [6.07, 6.45) is 0. The molecule has 0 N–H and O–H groups in total. The second-order valence-corrected chi connectivity index (χ2v) is 16.1. The molecule has 9 aromatic rings. The van der Waals surface area contributed by atoms with Gasteiger partial charge >= 0.3 is 0 Å². The van der Waals surface area contributed by atoms with Gasteiger partial charge in [-0.15, -0.1) is 0 Å². The quantitative estimate of drug-likeness (QED) is 0.165. The standard InChI is InChI=1S/C56H41N/c1-55(2)50-25-15-14-24-47(50)48-33-31-45(37-53(48)55)57(43-29-26-39(27-30-43)38-16-6-3-7-17-38)44-32-35-51-49(36-44)54-46-23-13-12-18-40(46)28-34-52(54)56(51,41-19-8-4-9-20-41)42-21-10-5-11-22-42/h3-37H,1-2H3. The molecule has 0 aromatic heterocycles. The molecule has 0 spiro atoms. The highest BCUT2D eigenvalue weighted by Gasteiger charge is 2.47. The van der Waals surface area contributed by atoms with Crippen LogP contribution >= 0.6 is 0 Å². The van der Waals surface area contributed by atoms with Crippen LogP contribution in [-0.4, -0.2) is 0 Å². The number of benzene rings is 9. The van der Waals surface area contributed by atoms with Crippen LogP contribution in [0.25, 0.3) is 44.2 Å².